The summed E-state index contributed by atoms with van der Waals surface area (Å²) < 4.78 is 37.5. The maximum Gasteiger partial charge on any atom is 0.272 e. The Labute approximate surface area is 231 Å². The molecule has 214 valence electrons. The fourth-order valence-corrected chi connectivity index (χ4v) is 7.78. The van der Waals surface area contributed by atoms with E-state index in [4.69, 9.17) is 40.8 Å². The number of nitrogen functional groups attached to an aromatic ring is 1. The third-order valence-corrected chi connectivity index (χ3v) is 9.76. The SMILES string of the molecule is COC1O[C@@H]2[C@H](O1)[C@@H](COP(N(C(C)C)C(C)C)N(C(C)C)C(C)C)O[C@H]2n1cnc2c(N)nc(Cl)nc21. The molecule has 2 aromatic heterocycles. The van der Waals surface area contributed by atoms with Gasteiger partial charge < -0.3 is 29.2 Å². The Kier molecular flexibility index (Phi) is 9.49. The molecule has 38 heavy (non-hydrogen) atoms. The van der Waals surface area contributed by atoms with Crippen molar-refractivity contribution in [2.45, 2.75) is 111 Å². The minimum atomic E-state index is -1.10. The number of methoxy groups -OCH3 is 1. The first-order valence-electron chi connectivity index (χ1n) is 13.1. The molecule has 12 nitrogen and oxygen atoms in total. The van der Waals surface area contributed by atoms with Crippen LogP contribution in [-0.2, 0) is 23.5 Å². The summed E-state index contributed by atoms with van der Waals surface area (Å²) in [5.74, 6) is 0.196. The van der Waals surface area contributed by atoms with Crippen molar-refractivity contribution in [3.8, 4) is 0 Å². The zero-order chi connectivity index (χ0) is 27.9. The van der Waals surface area contributed by atoms with Gasteiger partial charge in [0.25, 0.3) is 6.48 Å². The lowest BCUT2D eigenvalue weighted by Crippen LogP contribution is -2.44. The number of halogens is 1. The van der Waals surface area contributed by atoms with Gasteiger partial charge in [-0.25, -0.2) is 14.3 Å². The summed E-state index contributed by atoms with van der Waals surface area (Å²) in [4.78, 5) is 12.7. The molecule has 0 radical (unpaired) electrons. The second-order valence-corrected chi connectivity index (χ2v) is 12.7. The van der Waals surface area contributed by atoms with E-state index in [1.807, 2.05) is 0 Å². The summed E-state index contributed by atoms with van der Waals surface area (Å²) >= 11 is 6.10. The number of ether oxygens (including phenoxy) is 4. The molecule has 4 rings (SSSR count). The van der Waals surface area contributed by atoms with Gasteiger partial charge in [0.05, 0.1) is 12.9 Å². The Balaban J connectivity index is 1.63. The van der Waals surface area contributed by atoms with E-state index in [0.717, 1.165) is 0 Å². The lowest BCUT2D eigenvalue weighted by molar-refractivity contribution is -0.256. The van der Waals surface area contributed by atoms with Gasteiger partial charge in [-0.15, -0.1) is 0 Å². The lowest BCUT2D eigenvalue weighted by Gasteiger charge is -2.46. The number of rotatable bonds is 11. The van der Waals surface area contributed by atoms with Gasteiger partial charge in [-0.1, -0.05) is 0 Å². The van der Waals surface area contributed by atoms with Crippen LogP contribution in [0.25, 0.3) is 11.2 Å². The zero-order valence-corrected chi connectivity index (χ0v) is 25.3. The quantitative estimate of drug-likeness (QED) is 0.308. The van der Waals surface area contributed by atoms with E-state index < -0.39 is 39.5 Å². The van der Waals surface area contributed by atoms with Crippen molar-refractivity contribution < 1.29 is 23.5 Å². The van der Waals surface area contributed by atoms with Crippen LogP contribution in [-0.4, -0.2) is 91.5 Å². The molecule has 0 spiro atoms. The Morgan fingerprint density at radius 3 is 2.11 bits per heavy atom. The van der Waals surface area contributed by atoms with Gasteiger partial charge in [0.2, 0.25) is 5.28 Å². The summed E-state index contributed by atoms with van der Waals surface area (Å²) in [6.07, 6.45) is -0.333. The summed E-state index contributed by atoms with van der Waals surface area (Å²) in [5.41, 5.74) is 6.92. The monoisotopic (exact) mass is 573 g/mol. The van der Waals surface area contributed by atoms with Crippen LogP contribution in [0.5, 0.6) is 0 Å². The summed E-state index contributed by atoms with van der Waals surface area (Å²) in [6, 6.07) is 1.17. The molecule has 0 amide bonds. The largest absolute Gasteiger partial charge is 0.382 e. The third kappa shape index (κ3) is 5.80. The minimum Gasteiger partial charge on any atom is -0.382 e. The molecule has 0 bridgehead atoms. The molecular weight excluding hydrogens is 533 g/mol. The van der Waals surface area contributed by atoms with Crippen LogP contribution in [0.4, 0.5) is 5.82 Å². The number of hydrogen-bond donors (Lipinski definition) is 1. The highest BCUT2D eigenvalue weighted by molar-refractivity contribution is 7.47. The Morgan fingerprint density at radius 1 is 0.974 bits per heavy atom. The first kappa shape index (κ1) is 29.8. The molecule has 2 saturated heterocycles. The topological polar surface area (TPSA) is 122 Å². The number of fused-ring (bicyclic) bond motifs is 2. The molecule has 1 unspecified atom stereocenters. The molecule has 0 aromatic carbocycles. The van der Waals surface area contributed by atoms with Crippen LogP contribution in [0.2, 0.25) is 5.28 Å². The van der Waals surface area contributed by atoms with E-state index in [1.165, 1.54) is 0 Å². The summed E-state index contributed by atoms with van der Waals surface area (Å²) in [5, 5.41) is 0.0279. The van der Waals surface area contributed by atoms with E-state index in [0.29, 0.717) is 41.9 Å². The lowest BCUT2D eigenvalue weighted by atomic mass is 10.1. The molecule has 2 fully saturated rings. The normalized spacial score (nSPS) is 26.1. The summed E-state index contributed by atoms with van der Waals surface area (Å²) in [6.45, 7) is 17.1. The van der Waals surface area contributed by atoms with Gasteiger partial charge in [-0.2, -0.15) is 9.97 Å². The third-order valence-electron chi connectivity index (χ3n) is 6.58. The van der Waals surface area contributed by atoms with Gasteiger partial charge in [-0.05, 0) is 67.0 Å². The highest BCUT2D eigenvalue weighted by Gasteiger charge is 2.54. The molecule has 14 heteroatoms. The maximum atomic E-state index is 6.79. The first-order valence-corrected chi connectivity index (χ1v) is 14.6. The van der Waals surface area contributed by atoms with E-state index >= 15 is 0 Å². The maximum absolute atomic E-state index is 6.79. The molecule has 0 aliphatic carbocycles. The van der Waals surface area contributed by atoms with E-state index in [9.17, 15) is 0 Å². The van der Waals surface area contributed by atoms with Crippen LogP contribution < -0.4 is 5.73 Å². The number of nitrogens with two attached hydrogens (primary N) is 1. The van der Waals surface area contributed by atoms with Crippen LogP contribution in [0.3, 0.4) is 0 Å². The van der Waals surface area contributed by atoms with Crippen molar-refractivity contribution in [1.82, 2.24) is 28.9 Å². The molecule has 2 N–H and O–H groups in total. The summed E-state index contributed by atoms with van der Waals surface area (Å²) in [7, 11) is 0.436. The molecule has 2 aliphatic rings. The van der Waals surface area contributed by atoms with Gasteiger partial charge in [0, 0.05) is 31.3 Å². The standard InChI is InChI=1S/C24H41ClN7O5P/c1-12(2)31(13(3)4)38(32(14(5)6)15(7)8)34-10-16-18-19(37-24(33-9)36-18)22(35-16)30-11-27-17-20(26)28-23(25)29-21(17)30/h11-16,18-19,22,24H,10H2,1-9H3,(H2,26,28,29)/t16-,18-,19-,22-,24?/m1/s1. The Bertz CT molecular complexity index is 1050. The van der Waals surface area contributed by atoms with Gasteiger partial charge in [0.15, 0.2) is 26.1 Å². The van der Waals surface area contributed by atoms with Crippen LogP contribution in [0.15, 0.2) is 6.33 Å². The zero-order valence-electron chi connectivity index (χ0n) is 23.6. The average Bonchev–Trinajstić information content (AvgIpc) is 3.50. The van der Waals surface area contributed by atoms with Gasteiger partial charge in [-0.3, -0.25) is 4.57 Å². The van der Waals surface area contributed by atoms with E-state index in [1.54, 1.807) is 18.0 Å². The molecular formula is C24H41ClN7O5P. The second-order valence-electron chi connectivity index (χ2n) is 10.7. The fourth-order valence-electron chi connectivity index (χ4n) is 5.25. The molecule has 2 aromatic rings. The number of nitrogens with zero attached hydrogens (tertiary/aromatic N) is 6. The number of aromatic nitrogens is 4. The molecule has 5 atom stereocenters. The van der Waals surface area contributed by atoms with E-state index in [2.05, 4.69) is 79.7 Å². The number of imidazole rings is 1. The van der Waals surface area contributed by atoms with Crippen molar-refractivity contribution >= 4 is 37.0 Å². The second kappa shape index (κ2) is 12.1. The Hall–Kier alpha value is -1.21. The van der Waals surface area contributed by atoms with Crippen LogP contribution in [0, 0.1) is 0 Å². The highest BCUT2D eigenvalue weighted by atomic mass is 35.5. The van der Waals surface area contributed by atoms with Crippen molar-refractivity contribution in [1.29, 1.82) is 0 Å². The van der Waals surface area contributed by atoms with E-state index in [-0.39, 0.29) is 11.1 Å². The van der Waals surface area contributed by atoms with Crippen LogP contribution in [0.1, 0.15) is 61.6 Å². The Morgan fingerprint density at radius 2 is 1.55 bits per heavy atom. The first-order chi connectivity index (χ1) is 17.9. The van der Waals surface area contributed by atoms with Crippen molar-refractivity contribution in [3.05, 3.63) is 11.6 Å². The average molecular weight is 574 g/mol. The molecule has 4 heterocycles. The fraction of sp³-hybridized carbons (Fsp3) is 0.792. The van der Waals surface area contributed by atoms with Gasteiger partial charge >= 0.3 is 0 Å². The van der Waals surface area contributed by atoms with Crippen LogP contribution >= 0.6 is 20.1 Å². The number of hydrogen-bond acceptors (Lipinski definition) is 11. The molecule has 2 aliphatic heterocycles. The predicted molar refractivity (Wildman–Crippen MR) is 146 cm³/mol. The smallest absolute Gasteiger partial charge is 0.272 e. The van der Waals surface area contributed by atoms with Gasteiger partial charge in [0.1, 0.15) is 23.8 Å². The highest BCUT2D eigenvalue weighted by Crippen LogP contribution is 2.52. The van der Waals surface area contributed by atoms with Crippen molar-refractivity contribution in [3.63, 3.8) is 0 Å². The number of anilines is 1. The minimum absolute atomic E-state index is 0.0279. The predicted octanol–water partition coefficient (Wildman–Crippen LogP) is 4.15. The molecule has 0 saturated carbocycles. The van der Waals surface area contributed by atoms with Crippen molar-refractivity contribution in [2.24, 2.45) is 0 Å². The van der Waals surface area contributed by atoms with Crippen molar-refractivity contribution in [2.75, 3.05) is 19.5 Å².